The van der Waals surface area contributed by atoms with Gasteiger partial charge in [0.25, 0.3) is 11.8 Å². The summed E-state index contributed by atoms with van der Waals surface area (Å²) in [6.45, 7) is 0. The molecule has 7 nitrogen and oxygen atoms in total. The van der Waals surface area contributed by atoms with Crippen LogP contribution in [0.3, 0.4) is 0 Å². The highest BCUT2D eigenvalue weighted by atomic mass is 35.5. The second kappa shape index (κ2) is 17.0. The van der Waals surface area contributed by atoms with Crippen molar-refractivity contribution in [2.45, 2.75) is 10.1 Å². The van der Waals surface area contributed by atoms with E-state index in [0.717, 1.165) is 32.5 Å². The fourth-order valence-corrected chi connectivity index (χ4v) is 7.76. The van der Waals surface area contributed by atoms with Gasteiger partial charge in [-0.15, -0.1) is 23.1 Å². The van der Waals surface area contributed by atoms with Crippen molar-refractivity contribution in [3.05, 3.63) is 183 Å². The molecule has 0 aliphatic carbocycles. The summed E-state index contributed by atoms with van der Waals surface area (Å²) in [7, 11) is 0. The average molecular weight is 786 g/mol. The molecule has 0 bridgehead atoms. The van der Waals surface area contributed by atoms with Crippen LogP contribution in [0.5, 0.6) is 0 Å². The first-order valence-corrected chi connectivity index (χ1v) is 19.2. The number of halogens is 2. The molecule has 1 unspecified atom stereocenters. The number of benzene rings is 6. The normalized spacial score (nSPS) is 11.9. The maximum atomic E-state index is 13.9. The van der Waals surface area contributed by atoms with Gasteiger partial charge in [0.1, 0.15) is 10.9 Å². The van der Waals surface area contributed by atoms with Crippen molar-refractivity contribution in [2.24, 2.45) is 0 Å². The lowest BCUT2D eigenvalue weighted by molar-refractivity contribution is -0.116. The van der Waals surface area contributed by atoms with Crippen molar-refractivity contribution in [1.82, 2.24) is 10.3 Å². The quantitative estimate of drug-likeness (QED) is 0.0896. The van der Waals surface area contributed by atoms with E-state index < -0.39 is 17.1 Å². The van der Waals surface area contributed by atoms with Crippen LogP contribution in [0.15, 0.2) is 162 Å². The molecule has 0 fully saturated rings. The Hall–Kier alpha value is -5.71. The van der Waals surface area contributed by atoms with E-state index in [1.807, 2.05) is 60.0 Å². The van der Waals surface area contributed by atoms with Gasteiger partial charge in [0.15, 0.2) is 5.13 Å². The van der Waals surface area contributed by atoms with Gasteiger partial charge in [-0.3, -0.25) is 14.4 Å². The van der Waals surface area contributed by atoms with Crippen LogP contribution < -0.4 is 16.0 Å². The number of nitrogens with one attached hydrogen (secondary N) is 3. The number of thiazole rings is 1. The second-order valence-corrected chi connectivity index (χ2v) is 14.8. The van der Waals surface area contributed by atoms with Gasteiger partial charge in [0, 0.05) is 27.1 Å². The van der Waals surface area contributed by atoms with Crippen LogP contribution in [0.4, 0.5) is 10.8 Å². The van der Waals surface area contributed by atoms with Gasteiger partial charge in [-0.25, -0.2) is 4.98 Å². The number of fused-ring (bicyclic) bond motifs is 1. The fraction of sp³-hybridized carbons (Fsp3) is 0.0233. The minimum atomic E-state index is -0.643. The molecule has 7 rings (SSSR count). The van der Waals surface area contributed by atoms with Crippen LogP contribution >= 0.6 is 46.3 Å². The number of hydrogen-bond donors (Lipinski definition) is 3. The molecular formula is C43H30Cl2N4O3S2. The largest absolute Gasteiger partial charge is 0.321 e. The Labute approximate surface area is 330 Å². The molecule has 1 heterocycles. The SMILES string of the molecule is O=C(Nc1cccc(SC(C(=O)Nc2nc(-c3ccc4ccccc4c3)cs2)c2ccccc2)c1)/C(=C\c1cccc(Cl)c1Cl)NC(=O)c1ccccc1. The zero-order valence-corrected chi connectivity index (χ0v) is 31.5. The average Bonchev–Trinajstić information content (AvgIpc) is 3.67. The summed E-state index contributed by atoms with van der Waals surface area (Å²) in [5, 5.41) is 13.2. The Morgan fingerprint density at radius 3 is 2.24 bits per heavy atom. The van der Waals surface area contributed by atoms with Crippen LogP contribution in [0, 0.1) is 0 Å². The maximum absolute atomic E-state index is 13.9. The highest BCUT2D eigenvalue weighted by molar-refractivity contribution is 8.00. The highest BCUT2D eigenvalue weighted by Gasteiger charge is 2.24. The molecule has 0 saturated carbocycles. The maximum Gasteiger partial charge on any atom is 0.272 e. The molecule has 0 saturated heterocycles. The molecule has 11 heteroatoms. The first kappa shape index (κ1) is 36.6. The van der Waals surface area contributed by atoms with Crippen molar-refractivity contribution >= 4 is 91.7 Å². The summed E-state index contributed by atoms with van der Waals surface area (Å²) in [6.07, 6.45) is 1.47. The van der Waals surface area contributed by atoms with Gasteiger partial charge in [-0.1, -0.05) is 126 Å². The smallest absolute Gasteiger partial charge is 0.272 e. The van der Waals surface area contributed by atoms with E-state index in [4.69, 9.17) is 28.2 Å². The molecule has 1 atom stereocenters. The van der Waals surface area contributed by atoms with E-state index >= 15 is 0 Å². The van der Waals surface area contributed by atoms with Gasteiger partial charge in [-0.2, -0.15) is 0 Å². The van der Waals surface area contributed by atoms with Crippen molar-refractivity contribution in [3.8, 4) is 11.3 Å². The van der Waals surface area contributed by atoms with E-state index in [1.54, 1.807) is 66.7 Å². The summed E-state index contributed by atoms with van der Waals surface area (Å²) in [5.41, 5.74) is 3.78. The topological polar surface area (TPSA) is 100 Å². The van der Waals surface area contributed by atoms with Crippen molar-refractivity contribution < 1.29 is 14.4 Å². The zero-order valence-electron chi connectivity index (χ0n) is 28.3. The summed E-state index contributed by atoms with van der Waals surface area (Å²) in [4.78, 5) is 46.3. The summed E-state index contributed by atoms with van der Waals surface area (Å²) in [6, 6.07) is 44.5. The number of anilines is 2. The number of nitrogens with zero attached hydrogens (tertiary/aromatic N) is 1. The van der Waals surface area contributed by atoms with E-state index in [1.165, 1.54) is 29.2 Å². The van der Waals surface area contributed by atoms with Crippen molar-refractivity contribution in [3.63, 3.8) is 0 Å². The number of carbonyl (C=O) groups excluding carboxylic acids is 3. The number of thioether (sulfide) groups is 1. The van der Waals surface area contributed by atoms with Crippen LogP contribution in [0.2, 0.25) is 10.0 Å². The second-order valence-electron chi connectivity index (χ2n) is 12.0. The minimum absolute atomic E-state index is 0.0425. The molecule has 54 heavy (non-hydrogen) atoms. The Bertz CT molecular complexity index is 2510. The molecule has 0 radical (unpaired) electrons. The van der Waals surface area contributed by atoms with Gasteiger partial charge >= 0.3 is 0 Å². The van der Waals surface area contributed by atoms with Gasteiger partial charge in [0.2, 0.25) is 5.91 Å². The van der Waals surface area contributed by atoms with Gasteiger partial charge < -0.3 is 16.0 Å². The van der Waals surface area contributed by atoms with Crippen LogP contribution in [0.25, 0.3) is 28.1 Å². The molecular weight excluding hydrogens is 756 g/mol. The standard InChI is InChI=1S/C43H30Cl2N4O3S2/c44-35-20-9-17-32(38(35)45)24-36(47-40(50)29-14-5-2-6-15-29)41(51)46-33-18-10-19-34(25-33)54-39(28-12-3-1-4-13-28)42(52)49-43-48-37(26-53-43)31-22-21-27-11-7-8-16-30(27)23-31/h1-26,39H,(H,46,51)(H,47,50)(H,48,49,52)/b36-24+. The van der Waals surface area contributed by atoms with E-state index in [2.05, 4.69) is 40.2 Å². The Morgan fingerprint density at radius 1 is 0.722 bits per heavy atom. The van der Waals surface area contributed by atoms with Crippen LogP contribution in [-0.4, -0.2) is 22.7 Å². The summed E-state index contributed by atoms with van der Waals surface area (Å²) < 4.78 is 0. The lowest BCUT2D eigenvalue weighted by Gasteiger charge is -2.17. The van der Waals surface area contributed by atoms with Gasteiger partial charge in [-0.05, 0) is 70.4 Å². The molecule has 1 aromatic heterocycles. The van der Waals surface area contributed by atoms with Gasteiger partial charge in [0.05, 0.1) is 15.7 Å². The monoisotopic (exact) mass is 784 g/mol. The molecule has 266 valence electrons. The minimum Gasteiger partial charge on any atom is -0.321 e. The Morgan fingerprint density at radius 2 is 1.44 bits per heavy atom. The molecule has 0 spiro atoms. The van der Waals surface area contributed by atoms with Crippen molar-refractivity contribution in [1.29, 1.82) is 0 Å². The lowest BCUT2D eigenvalue weighted by atomic mass is 10.1. The van der Waals surface area contributed by atoms with E-state index in [0.29, 0.717) is 27.0 Å². The number of hydrogen-bond acceptors (Lipinski definition) is 6. The first-order chi connectivity index (χ1) is 26.3. The molecule has 7 aromatic rings. The highest BCUT2D eigenvalue weighted by Crippen LogP contribution is 2.38. The summed E-state index contributed by atoms with van der Waals surface area (Å²) in [5.74, 6) is -1.30. The van der Waals surface area contributed by atoms with Crippen molar-refractivity contribution in [2.75, 3.05) is 10.6 Å². The van der Waals surface area contributed by atoms with E-state index in [-0.39, 0.29) is 16.6 Å². The molecule has 3 amide bonds. The molecule has 6 aromatic carbocycles. The molecule has 0 aliphatic heterocycles. The zero-order chi connectivity index (χ0) is 37.4. The first-order valence-electron chi connectivity index (χ1n) is 16.7. The van der Waals surface area contributed by atoms with Crippen LogP contribution in [0.1, 0.15) is 26.7 Å². The lowest BCUT2D eigenvalue weighted by Crippen LogP contribution is -2.30. The molecule has 3 N–H and O–H groups in total. The Kier molecular flexibility index (Phi) is 11.5. The third-order valence-corrected chi connectivity index (χ3v) is 11.1. The fourth-order valence-electron chi connectivity index (χ4n) is 5.60. The molecule has 0 aliphatic rings. The predicted octanol–water partition coefficient (Wildman–Crippen LogP) is 11.2. The van der Waals surface area contributed by atoms with E-state index in [9.17, 15) is 14.4 Å². The third-order valence-electron chi connectivity index (χ3n) is 8.28. The number of amides is 3. The number of aromatic nitrogens is 1. The Balaban J connectivity index is 1.10. The van der Waals surface area contributed by atoms with Crippen LogP contribution in [-0.2, 0) is 9.59 Å². The number of rotatable bonds is 11. The third kappa shape index (κ3) is 8.90. The predicted molar refractivity (Wildman–Crippen MR) is 222 cm³/mol. The number of carbonyl (C=O) groups is 3. The summed E-state index contributed by atoms with van der Waals surface area (Å²) >= 11 is 15.4.